The smallest absolute Gasteiger partial charge is 0.131 e. The van der Waals surface area contributed by atoms with E-state index in [1.54, 1.807) is 18.2 Å². The zero-order chi connectivity index (χ0) is 7.40. The first-order chi connectivity index (χ1) is 4.84. The zero-order valence-electron chi connectivity index (χ0n) is 5.13. The van der Waals surface area contributed by atoms with Gasteiger partial charge in [0.1, 0.15) is 11.9 Å². The van der Waals surface area contributed by atoms with E-state index in [4.69, 9.17) is 5.11 Å². The van der Waals surface area contributed by atoms with Gasteiger partial charge >= 0.3 is 0 Å². The van der Waals surface area contributed by atoms with Crippen LogP contribution in [0.15, 0.2) is 24.3 Å². The van der Waals surface area contributed by atoms with Gasteiger partial charge in [0.25, 0.3) is 0 Å². The van der Waals surface area contributed by atoms with Gasteiger partial charge in [0, 0.05) is 0 Å². The Bertz CT molecular complexity index is 283. The lowest BCUT2D eigenvalue weighted by molar-refractivity contribution is 0.473. The maximum absolute atomic E-state index is 11.4. The van der Waals surface area contributed by atoms with Gasteiger partial charge in [0.05, 0.1) is 5.56 Å². The van der Waals surface area contributed by atoms with Crippen LogP contribution in [0, 0.1) is 12.1 Å². The molecule has 0 saturated carbocycles. The average Bonchev–Trinajstić information content (AvgIpc) is 1.94. The van der Waals surface area contributed by atoms with E-state index in [1.165, 1.54) is 12.2 Å². The molecule has 0 saturated heterocycles. The average molecular weight is 136 g/mol. The van der Waals surface area contributed by atoms with Crippen LogP contribution in [0.2, 0.25) is 0 Å². The van der Waals surface area contributed by atoms with E-state index in [9.17, 15) is 4.39 Å². The summed E-state index contributed by atoms with van der Waals surface area (Å²) in [5.74, 6) is 2.12. The van der Waals surface area contributed by atoms with Gasteiger partial charge in [-0.1, -0.05) is 12.1 Å². The minimum absolute atomic E-state index is 0.00708. The van der Waals surface area contributed by atoms with E-state index in [2.05, 4.69) is 5.92 Å². The van der Waals surface area contributed by atoms with Crippen LogP contribution < -0.4 is 0 Å². The number of rotatable bonds is 0. The van der Waals surface area contributed by atoms with E-state index >= 15 is 0 Å². The Kier molecular flexibility index (Phi) is 1.91. The molecule has 0 unspecified atom stereocenters. The summed E-state index contributed by atoms with van der Waals surface area (Å²) in [6.07, 6.45) is 1.21. The molecule has 0 aromatic heterocycles. The molecule has 1 N–H and O–H groups in total. The molecule has 50 valence electrons. The first-order valence-corrected chi connectivity index (χ1v) is 2.74. The molecule has 0 spiro atoms. The van der Waals surface area contributed by atoms with Crippen molar-refractivity contribution in [3.05, 3.63) is 29.8 Å². The molecule has 0 radical (unpaired) electrons. The molecule has 1 nitrogen and oxygen atoms in total. The second-order valence-electron chi connectivity index (χ2n) is 1.74. The van der Waals surface area contributed by atoms with Gasteiger partial charge in [-0.05, 0) is 18.1 Å². The molecular formula is C8H5FO. The monoisotopic (exact) mass is 136 g/mol. The van der Waals surface area contributed by atoms with Crippen LogP contribution >= 0.6 is 0 Å². The highest BCUT2D eigenvalue weighted by molar-refractivity contribution is 5.43. The van der Waals surface area contributed by atoms with E-state index in [-0.39, 0.29) is 5.75 Å². The van der Waals surface area contributed by atoms with Crippen molar-refractivity contribution < 1.29 is 9.50 Å². The summed E-state index contributed by atoms with van der Waals surface area (Å²) in [5.41, 5.74) is 0.310. The molecule has 2 heteroatoms. The molecule has 0 aliphatic rings. The van der Waals surface area contributed by atoms with E-state index < -0.39 is 0 Å². The van der Waals surface area contributed by atoms with Crippen molar-refractivity contribution in [3.8, 4) is 17.8 Å². The minimum atomic E-state index is 0.00708. The third-order valence-electron chi connectivity index (χ3n) is 1.09. The first kappa shape index (κ1) is 6.63. The third-order valence-corrected chi connectivity index (χ3v) is 1.09. The highest BCUT2D eigenvalue weighted by Crippen LogP contribution is 2.13. The van der Waals surface area contributed by atoms with Gasteiger partial charge in [0.15, 0.2) is 0 Å². The first-order valence-electron chi connectivity index (χ1n) is 2.74. The molecular weight excluding hydrogens is 131 g/mol. The second-order valence-corrected chi connectivity index (χ2v) is 1.74. The Balaban J connectivity index is 3.11. The predicted octanol–water partition coefficient (Wildman–Crippen LogP) is 1.67. The van der Waals surface area contributed by atoms with Gasteiger partial charge < -0.3 is 5.11 Å². The van der Waals surface area contributed by atoms with Crippen molar-refractivity contribution in [2.45, 2.75) is 0 Å². The van der Waals surface area contributed by atoms with Gasteiger partial charge in [-0.2, -0.15) is 0 Å². The Hall–Kier alpha value is -1.49. The summed E-state index contributed by atoms with van der Waals surface area (Å²) < 4.78 is 11.4. The molecule has 0 aliphatic carbocycles. The molecule has 10 heavy (non-hydrogen) atoms. The number of phenols is 1. The molecule has 0 atom stereocenters. The number of hydrogen-bond donors (Lipinski definition) is 1. The second kappa shape index (κ2) is 2.88. The summed E-state index contributed by atoms with van der Waals surface area (Å²) in [7, 11) is 0. The highest BCUT2D eigenvalue weighted by Gasteiger charge is 1.92. The fraction of sp³-hybridized carbons (Fsp3) is 0. The standard InChI is InChI=1S/C8H5FO/c9-6-5-7-3-1-2-4-8(7)10/h1-4,10H. The van der Waals surface area contributed by atoms with E-state index in [0.717, 1.165) is 0 Å². The lowest BCUT2D eigenvalue weighted by Gasteiger charge is -1.91. The van der Waals surface area contributed by atoms with Crippen molar-refractivity contribution >= 4 is 0 Å². The Morgan fingerprint density at radius 1 is 1.30 bits per heavy atom. The molecule has 1 rings (SSSR count). The molecule has 1 aromatic carbocycles. The molecule has 0 heterocycles. The molecule has 0 fully saturated rings. The quantitative estimate of drug-likeness (QED) is 0.538. The zero-order valence-corrected chi connectivity index (χ0v) is 5.13. The molecule has 0 aliphatic heterocycles. The van der Waals surface area contributed by atoms with Crippen LogP contribution in [-0.2, 0) is 0 Å². The number of halogens is 1. The van der Waals surface area contributed by atoms with E-state index in [1.807, 2.05) is 0 Å². The van der Waals surface area contributed by atoms with Crippen LogP contribution in [0.4, 0.5) is 4.39 Å². The number of phenolic OH excluding ortho intramolecular Hbond substituents is 1. The predicted molar refractivity (Wildman–Crippen MR) is 36.1 cm³/mol. The molecule has 0 amide bonds. The lowest BCUT2D eigenvalue weighted by Crippen LogP contribution is -1.72. The molecule has 1 aromatic rings. The normalized spacial score (nSPS) is 8.10. The summed E-state index contributed by atoms with van der Waals surface area (Å²) >= 11 is 0. The maximum Gasteiger partial charge on any atom is 0.131 e. The van der Waals surface area contributed by atoms with Gasteiger partial charge in [-0.25, -0.2) is 0 Å². The Morgan fingerprint density at radius 2 is 2.00 bits per heavy atom. The van der Waals surface area contributed by atoms with Crippen molar-refractivity contribution in [1.29, 1.82) is 0 Å². The maximum atomic E-state index is 11.4. The lowest BCUT2D eigenvalue weighted by atomic mass is 10.2. The highest BCUT2D eigenvalue weighted by atomic mass is 19.1. The van der Waals surface area contributed by atoms with Gasteiger partial charge in [-0.3, -0.25) is 0 Å². The SMILES string of the molecule is Oc1ccccc1C#CF. The number of para-hydroxylation sites is 1. The fourth-order valence-electron chi connectivity index (χ4n) is 0.630. The van der Waals surface area contributed by atoms with Crippen molar-refractivity contribution in [2.75, 3.05) is 0 Å². The number of benzene rings is 1. The summed E-state index contributed by atoms with van der Waals surface area (Å²) in [6, 6.07) is 6.33. The van der Waals surface area contributed by atoms with Crippen LogP contribution in [0.25, 0.3) is 0 Å². The largest absolute Gasteiger partial charge is 0.507 e. The summed E-state index contributed by atoms with van der Waals surface area (Å²) in [5, 5.41) is 8.97. The van der Waals surface area contributed by atoms with Crippen LogP contribution in [-0.4, -0.2) is 5.11 Å². The third kappa shape index (κ3) is 1.26. The Labute approximate surface area is 58.1 Å². The fourth-order valence-corrected chi connectivity index (χ4v) is 0.630. The molecule has 0 bridgehead atoms. The summed E-state index contributed by atoms with van der Waals surface area (Å²) in [4.78, 5) is 0. The van der Waals surface area contributed by atoms with E-state index in [0.29, 0.717) is 5.56 Å². The number of hydrogen-bond acceptors (Lipinski definition) is 1. The minimum Gasteiger partial charge on any atom is -0.507 e. The summed E-state index contributed by atoms with van der Waals surface area (Å²) in [6.45, 7) is 0. The van der Waals surface area contributed by atoms with Crippen molar-refractivity contribution in [2.24, 2.45) is 0 Å². The van der Waals surface area contributed by atoms with Crippen LogP contribution in [0.1, 0.15) is 5.56 Å². The van der Waals surface area contributed by atoms with Gasteiger partial charge in [0.2, 0.25) is 0 Å². The topological polar surface area (TPSA) is 20.2 Å². The van der Waals surface area contributed by atoms with Crippen molar-refractivity contribution in [3.63, 3.8) is 0 Å². The number of aromatic hydroxyl groups is 1. The van der Waals surface area contributed by atoms with Gasteiger partial charge in [-0.15, -0.1) is 4.39 Å². The van der Waals surface area contributed by atoms with Crippen LogP contribution in [0.3, 0.4) is 0 Å². The van der Waals surface area contributed by atoms with Crippen molar-refractivity contribution in [1.82, 2.24) is 0 Å². The Morgan fingerprint density at radius 3 is 2.60 bits per heavy atom. The van der Waals surface area contributed by atoms with Crippen LogP contribution in [0.5, 0.6) is 5.75 Å².